The molecule has 0 fully saturated rings. The van der Waals surface area contributed by atoms with E-state index in [2.05, 4.69) is 29.5 Å². The van der Waals surface area contributed by atoms with Gasteiger partial charge >= 0.3 is 0 Å². The summed E-state index contributed by atoms with van der Waals surface area (Å²) in [5, 5.41) is 12.0. The Morgan fingerprint density at radius 2 is 2.27 bits per heavy atom. The van der Waals surface area contributed by atoms with Crippen LogP contribution in [-0.4, -0.2) is 12.2 Å². The second kappa shape index (κ2) is 3.07. The normalized spacial score (nSPS) is 22.3. The van der Waals surface area contributed by atoms with Crippen LogP contribution in [-0.2, 0) is 0 Å². The molecule has 76 valence electrons. The molecule has 1 N–H and O–H groups in total. The summed E-state index contributed by atoms with van der Waals surface area (Å²) in [4.78, 5) is 2.19. The van der Waals surface area contributed by atoms with Gasteiger partial charge in [0.2, 0.25) is 0 Å². The summed E-state index contributed by atoms with van der Waals surface area (Å²) >= 11 is 1.79. The van der Waals surface area contributed by atoms with Gasteiger partial charge in [-0.05, 0) is 35.2 Å². The largest absolute Gasteiger partial charge is 0.508 e. The molecule has 0 amide bonds. The van der Waals surface area contributed by atoms with Crippen molar-refractivity contribution in [2.24, 2.45) is 0 Å². The van der Waals surface area contributed by atoms with Crippen molar-refractivity contribution in [3.05, 3.63) is 47.0 Å². The number of hydrogen-bond donors (Lipinski definition) is 1. The molecule has 0 bridgehead atoms. The fourth-order valence-electron chi connectivity index (χ4n) is 2.14. The molecule has 0 saturated carbocycles. The fourth-order valence-corrected chi connectivity index (χ4v) is 3.17. The van der Waals surface area contributed by atoms with Gasteiger partial charge in [0.25, 0.3) is 0 Å². The number of phenols is 1. The summed E-state index contributed by atoms with van der Waals surface area (Å²) in [5.74, 6) is 0.346. The van der Waals surface area contributed by atoms with Crippen molar-refractivity contribution in [1.29, 1.82) is 0 Å². The lowest BCUT2D eigenvalue weighted by Gasteiger charge is -2.18. The van der Waals surface area contributed by atoms with Crippen LogP contribution in [0.15, 0.2) is 41.5 Å². The highest BCUT2D eigenvalue weighted by atomic mass is 32.2. The van der Waals surface area contributed by atoms with E-state index in [-0.39, 0.29) is 0 Å². The van der Waals surface area contributed by atoms with E-state index >= 15 is 0 Å². The Labute approximate surface area is 92.9 Å². The molecule has 2 aliphatic rings. The van der Waals surface area contributed by atoms with E-state index < -0.39 is 0 Å². The molecule has 15 heavy (non-hydrogen) atoms. The number of nitrogens with zero attached hydrogens (tertiary/aromatic N) is 1. The van der Waals surface area contributed by atoms with Crippen molar-refractivity contribution in [3.8, 4) is 5.75 Å². The zero-order chi connectivity index (χ0) is 10.4. The predicted octanol–water partition coefficient (Wildman–Crippen LogP) is 3.03. The Bertz CT molecular complexity index is 479. The minimum absolute atomic E-state index is 0.346. The molecule has 2 nitrogen and oxygen atoms in total. The quantitative estimate of drug-likeness (QED) is 0.722. The van der Waals surface area contributed by atoms with Crippen LogP contribution in [0.3, 0.4) is 0 Å². The van der Waals surface area contributed by atoms with E-state index in [1.807, 2.05) is 12.1 Å². The number of allylic oxidation sites excluding steroid dienone is 2. The third-order valence-electron chi connectivity index (χ3n) is 2.87. The van der Waals surface area contributed by atoms with E-state index in [1.165, 1.54) is 16.9 Å². The van der Waals surface area contributed by atoms with E-state index in [0.29, 0.717) is 11.0 Å². The highest BCUT2D eigenvalue weighted by Crippen LogP contribution is 2.51. The third kappa shape index (κ3) is 1.20. The van der Waals surface area contributed by atoms with Crippen molar-refractivity contribution in [2.75, 3.05) is 11.9 Å². The smallest absolute Gasteiger partial charge is 0.116 e. The number of hydrogen-bond acceptors (Lipinski definition) is 3. The Morgan fingerprint density at radius 3 is 3.13 bits per heavy atom. The first-order chi connectivity index (χ1) is 7.27. The Balaban J connectivity index is 2.19. The molecule has 0 radical (unpaired) electrons. The number of thioether (sulfide) groups is 1. The summed E-state index contributed by atoms with van der Waals surface area (Å²) in [6.45, 7) is 0. The molecular formula is C12H11NOS. The van der Waals surface area contributed by atoms with Crippen molar-refractivity contribution in [3.63, 3.8) is 0 Å². The Kier molecular flexibility index (Phi) is 1.83. The van der Waals surface area contributed by atoms with Crippen LogP contribution in [0.4, 0.5) is 5.69 Å². The Hall–Kier alpha value is -1.35. The van der Waals surface area contributed by atoms with Crippen LogP contribution in [0.1, 0.15) is 10.8 Å². The molecule has 0 saturated heterocycles. The molecule has 1 unspecified atom stereocenters. The van der Waals surface area contributed by atoms with Gasteiger partial charge in [-0.2, -0.15) is 0 Å². The van der Waals surface area contributed by atoms with Gasteiger partial charge in [-0.3, -0.25) is 0 Å². The molecule has 0 aromatic heterocycles. The lowest BCUT2D eigenvalue weighted by atomic mass is 10.1. The maximum Gasteiger partial charge on any atom is 0.116 e. The minimum Gasteiger partial charge on any atom is -0.508 e. The van der Waals surface area contributed by atoms with Crippen LogP contribution in [0, 0.1) is 0 Å². The molecule has 3 rings (SSSR count). The fraction of sp³-hybridized carbons (Fsp3) is 0.167. The number of anilines is 1. The van der Waals surface area contributed by atoms with E-state index in [9.17, 15) is 5.11 Å². The van der Waals surface area contributed by atoms with Gasteiger partial charge < -0.3 is 10.0 Å². The first-order valence-corrected chi connectivity index (χ1v) is 5.80. The van der Waals surface area contributed by atoms with Crippen LogP contribution in [0.2, 0.25) is 0 Å². The maximum absolute atomic E-state index is 9.51. The van der Waals surface area contributed by atoms with Crippen LogP contribution >= 0.6 is 11.8 Å². The summed E-state index contributed by atoms with van der Waals surface area (Å²) in [6, 6.07) is 5.58. The molecule has 0 spiro atoms. The lowest BCUT2D eigenvalue weighted by Crippen LogP contribution is -2.12. The van der Waals surface area contributed by atoms with Gasteiger partial charge in [-0.15, -0.1) is 11.8 Å². The number of aromatic hydroxyl groups is 1. The van der Waals surface area contributed by atoms with E-state index in [0.717, 1.165) is 0 Å². The van der Waals surface area contributed by atoms with E-state index in [1.54, 1.807) is 17.8 Å². The topological polar surface area (TPSA) is 23.5 Å². The third-order valence-corrected chi connectivity index (χ3v) is 3.95. The molecule has 3 heteroatoms. The summed E-state index contributed by atoms with van der Waals surface area (Å²) in [6.07, 6.45) is 4.21. The summed E-state index contributed by atoms with van der Waals surface area (Å²) in [7, 11) is 2.07. The van der Waals surface area contributed by atoms with Crippen molar-refractivity contribution in [1.82, 2.24) is 0 Å². The zero-order valence-corrected chi connectivity index (χ0v) is 9.16. The lowest BCUT2D eigenvalue weighted by molar-refractivity contribution is 0.475. The SMILES string of the molecule is CN1C2=CC=CSC2c2cc(O)ccc21. The zero-order valence-electron chi connectivity index (χ0n) is 8.34. The van der Waals surface area contributed by atoms with Gasteiger partial charge in [0.15, 0.2) is 0 Å². The Morgan fingerprint density at radius 1 is 1.40 bits per heavy atom. The second-order valence-electron chi connectivity index (χ2n) is 3.74. The summed E-state index contributed by atoms with van der Waals surface area (Å²) < 4.78 is 0. The highest BCUT2D eigenvalue weighted by molar-refractivity contribution is 8.02. The van der Waals surface area contributed by atoms with Gasteiger partial charge in [-0.1, -0.05) is 6.08 Å². The van der Waals surface area contributed by atoms with Crippen molar-refractivity contribution in [2.45, 2.75) is 5.25 Å². The maximum atomic E-state index is 9.51. The number of benzene rings is 1. The molecule has 1 atom stereocenters. The molecule has 2 aliphatic heterocycles. The molecular weight excluding hydrogens is 206 g/mol. The monoisotopic (exact) mass is 217 g/mol. The number of fused-ring (bicyclic) bond motifs is 3. The minimum atomic E-state index is 0.346. The van der Waals surface area contributed by atoms with Gasteiger partial charge in [-0.25, -0.2) is 0 Å². The van der Waals surface area contributed by atoms with Crippen LogP contribution in [0.5, 0.6) is 5.75 Å². The van der Waals surface area contributed by atoms with Gasteiger partial charge in [0, 0.05) is 18.4 Å². The average molecular weight is 217 g/mol. The van der Waals surface area contributed by atoms with Gasteiger partial charge in [0.05, 0.1) is 5.25 Å². The van der Waals surface area contributed by atoms with Crippen LogP contribution < -0.4 is 4.90 Å². The van der Waals surface area contributed by atoms with E-state index in [4.69, 9.17) is 0 Å². The van der Waals surface area contributed by atoms with Gasteiger partial charge in [0.1, 0.15) is 5.75 Å². The number of likely N-dealkylation sites (N-methyl/N-ethyl adjacent to an activating group) is 1. The molecule has 0 aliphatic carbocycles. The van der Waals surface area contributed by atoms with Crippen molar-refractivity contribution >= 4 is 17.4 Å². The van der Waals surface area contributed by atoms with Crippen molar-refractivity contribution < 1.29 is 5.11 Å². The standard InChI is InChI=1S/C12H11NOS/c1-13-10-5-4-8(14)7-9(10)12-11(13)3-2-6-15-12/h2-7,12,14H,1H3. The average Bonchev–Trinajstić information content (AvgIpc) is 2.54. The predicted molar refractivity (Wildman–Crippen MR) is 64.1 cm³/mol. The van der Waals surface area contributed by atoms with Crippen LogP contribution in [0.25, 0.3) is 0 Å². The first kappa shape index (κ1) is 8.92. The molecule has 1 aromatic rings. The number of rotatable bonds is 0. The number of phenolic OH excluding ortho intramolecular Hbond substituents is 1. The first-order valence-electron chi connectivity index (χ1n) is 4.86. The second-order valence-corrected chi connectivity index (χ2v) is 4.75. The molecule has 1 aromatic carbocycles. The molecule has 2 heterocycles. The summed E-state index contributed by atoms with van der Waals surface area (Å²) in [5.41, 5.74) is 3.70. The highest BCUT2D eigenvalue weighted by Gasteiger charge is 2.32.